The van der Waals surface area contributed by atoms with Gasteiger partial charge in [-0.2, -0.15) is 0 Å². The van der Waals surface area contributed by atoms with Crippen LogP contribution in [-0.2, 0) is 0 Å². The molecule has 94 valence electrons. The van der Waals surface area contributed by atoms with Crippen molar-refractivity contribution in [2.45, 2.75) is 12.5 Å². The molecule has 16 heavy (non-hydrogen) atoms. The van der Waals surface area contributed by atoms with Crippen LogP contribution in [-0.4, -0.2) is 87.2 Å². The van der Waals surface area contributed by atoms with Gasteiger partial charge in [0.2, 0.25) is 0 Å². The second-order valence-electron chi connectivity index (χ2n) is 5.30. The topological polar surface area (TPSA) is 21.8 Å². The van der Waals surface area contributed by atoms with E-state index in [1.807, 2.05) is 0 Å². The van der Waals surface area contributed by atoms with Gasteiger partial charge in [0.05, 0.1) is 0 Å². The predicted octanol–water partition coefficient (Wildman–Crippen LogP) is -0.472. The smallest absolute Gasteiger partial charge is 0.0347 e. The number of likely N-dealkylation sites (N-methyl/N-ethyl adjacent to an activating group) is 2. The number of nitrogens with one attached hydrogen (secondary N) is 1. The van der Waals surface area contributed by atoms with Gasteiger partial charge in [-0.1, -0.05) is 0 Å². The summed E-state index contributed by atoms with van der Waals surface area (Å²) in [6, 6.07) is 0.719. The molecule has 1 unspecified atom stereocenters. The number of rotatable bonds is 2. The number of hydrogen-bond donors (Lipinski definition) is 1. The van der Waals surface area contributed by atoms with Gasteiger partial charge in [-0.25, -0.2) is 0 Å². The van der Waals surface area contributed by atoms with Crippen molar-refractivity contribution >= 4 is 0 Å². The second kappa shape index (κ2) is 5.96. The van der Waals surface area contributed by atoms with Crippen LogP contribution < -0.4 is 5.32 Å². The first-order valence-electron chi connectivity index (χ1n) is 6.57. The van der Waals surface area contributed by atoms with E-state index in [4.69, 9.17) is 0 Å². The molecule has 2 aliphatic heterocycles. The molecule has 1 N–H and O–H groups in total. The summed E-state index contributed by atoms with van der Waals surface area (Å²) >= 11 is 0. The largest absolute Gasteiger partial charge is 0.315 e. The summed E-state index contributed by atoms with van der Waals surface area (Å²) in [7, 11) is 4.51. The summed E-state index contributed by atoms with van der Waals surface area (Å²) < 4.78 is 0. The molecule has 2 aliphatic rings. The molecule has 0 aromatic heterocycles. The van der Waals surface area contributed by atoms with Gasteiger partial charge in [-0.15, -0.1) is 0 Å². The van der Waals surface area contributed by atoms with Crippen LogP contribution in [0.25, 0.3) is 0 Å². The highest BCUT2D eigenvalue weighted by molar-refractivity contribution is 4.82. The van der Waals surface area contributed by atoms with Crippen molar-refractivity contribution in [2.75, 3.05) is 66.5 Å². The van der Waals surface area contributed by atoms with Crippen LogP contribution in [0, 0.1) is 0 Å². The van der Waals surface area contributed by atoms with Gasteiger partial charge in [-0.3, -0.25) is 4.90 Å². The molecule has 0 aliphatic carbocycles. The van der Waals surface area contributed by atoms with E-state index in [0.717, 1.165) is 12.6 Å². The summed E-state index contributed by atoms with van der Waals surface area (Å²) in [5.41, 5.74) is 0. The molecule has 2 heterocycles. The Bertz CT molecular complexity index is 201. The van der Waals surface area contributed by atoms with E-state index in [0.29, 0.717) is 0 Å². The molecule has 0 aromatic rings. The SMILES string of the molecule is CN1CCN(C)C(CN2CCCNCC2)C1. The fourth-order valence-corrected chi connectivity index (χ4v) is 2.68. The molecule has 1 atom stereocenters. The molecular weight excluding hydrogens is 200 g/mol. The van der Waals surface area contributed by atoms with Crippen LogP contribution >= 0.6 is 0 Å². The highest BCUT2D eigenvalue weighted by Crippen LogP contribution is 2.08. The van der Waals surface area contributed by atoms with E-state index in [9.17, 15) is 0 Å². The first kappa shape index (κ1) is 12.3. The third-order valence-electron chi connectivity index (χ3n) is 3.88. The zero-order chi connectivity index (χ0) is 11.4. The van der Waals surface area contributed by atoms with Crippen molar-refractivity contribution in [2.24, 2.45) is 0 Å². The summed E-state index contributed by atoms with van der Waals surface area (Å²) in [5.74, 6) is 0. The van der Waals surface area contributed by atoms with Crippen molar-refractivity contribution in [3.8, 4) is 0 Å². The Morgan fingerprint density at radius 1 is 1.06 bits per heavy atom. The molecule has 0 spiro atoms. The Hall–Kier alpha value is -0.160. The van der Waals surface area contributed by atoms with Gasteiger partial charge >= 0.3 is 0 Å². The van der Waals surface area contributed by atoms with Gasteiger partial charge < -0.3 is 15.1 Å². The van der Waals surface area contributed by atoms with Crippen molar-refractivity contribution < 1.29 is 0 Å². The molecule has 0 radical (unpaired) electrons. The van der Waals surface area contributed by atoms with Gasteiger partial charge in [0.15, 0.2) is 0 Å². The molecule has 4 nitrogen and oxygen atoms in total. The summed E-state index contributed by atoms with van der Waals surface area (Å²) in [4.78, 5) is 7.61. The van der Waals surface area contributed by atoms with E-state index in [2.05, 4.69) is 34.1 Å². The number of nitrogens with zero attached hydrogens (tertiary/aromatic N) is 3. The molecule has 2 rings (SSSR count). The Morgan fingerprint density at radius 2 is 1.94 bits per heavy atom. The number of hydrogen-bond acceptors (Lipinski definition) is 4. The van der Waals surface area contributed by atoms with E-state index in [1.54, 1.807) is 0 Å². The lowest BCUT2D eigenvalue weighted by atomic mass is 10.1. The van der Waals surface area contributed by atoms with Crippen LogP contribution in [0.3, 0.4) is 0 Å². The van der Waals surface area contributed by atoms with Crippen molar-refractivity contribution in [3.05, 3.63) is 0 Å². The third kappa shape index (κ3) is 3.42. The van der Waals surface area contributed by atoms with Crippen LogP contribution in [0.5, 0.6) is 0 Å². The minimum absolute atomic E-state index is 0.719. The lowest BCUT2D eigenvalue weighted by Gasteiger charge is -2.40. The summed E-state index contributed by atoms with van der Waals surface area (Å²) in [6.07, 6.45) is 1.30. The molecule has 0 amide bonds. The van der Waals surface area contributed by atoms with E-state index >= 15 is 0 Å². The monoisotopic (exact) mass is 226 g/mol. The Balaban J connectivity index is 1.81. The van der Waals surface area contributed by atoms with Crippen molar-refractivity contribution in [1.82, 2.24) is 20.0 Å². The van der Waals surface area contributed by atoms with Crippen molar-refractivity contribution in [3.63, 3.8) is 0 Å². The zero-order valence-corrected chi connectivity index (χ0v) is 10.8. The second-order valence-corrected chi connectivity index (χ2v) is 5.30. The zero-order valence-electron chi connectivity index (χ0n) is 10.8. The Morgan fingerprint density at radius 3 is 2.81 bits per heavy atom. The highest BCUT2D eigenvalue weighted by atomic mass is 15.3. The first-order chi connectivity index (χ1) is 7.75. The fraction of sp³-hybridized carbons (Fsp3) is 1.00. The molecule has 0 saturated carbocycles. The van der Waals surface area contributed by atoms with Crippen LogP contribution in [0.4, 0.5) is 0 Å². The maximum atomic E-state index is 3.47. The van der Waals surface area contributed by atoms with Gasteiger partial charge in [0.1, 0.15) is 0 Å². The van der Waals surface area contributed by atoms with Gasteiger partial charge in [0, 0.05) is 45.3 Å². The highest BCUT2D eigenvalue weighted by Gasteiger charge is 2.24. The molecule has 0 aromatic carbocycles. The first-order valence-corrected chi connectivity index (χ1v) is 6.57. The van der Waals surface area contributed by atoms with Gasteiger partial charge in [-0.05, 0) is 33.6 Å². The number of piperazine rings is 1. The van der Waals surface area contributed by atoms with Crippen LogP contribution in [0.15, 0.2) is 0 Å². The summed E-state index contributed by atoms with van der Waals surface area (Å²) in [5, 5.41) is 3.47. The standard InChI is InChI=1S/C12H26N4/c1-14-8-9-15(2)12(10-14)11-16-6-3-4-13-5-7-16/h12-13H,3-11H2,1-2H3. The van der Waals surface area contributed by atoms with E-state index < -0.39 is 0 Å². The van der Waals surface area contributed by atoms with E-state index in [1.165, 1.54) is 52.2 Å². The summed E-state index contributed by atoms with van der Waals surface area (Å²) in [6.45, 7) is 9.73. The Kier molecular flexibility index (Phi) is 4.58. The van der Waals surface area contributed by atoms with Crippen LogP contribution in [0.2, 0.25) is 0 Å². The lowest BCUT2D eigenvalue weighted by Crippen LogP contribution is -2.54. The maximum absolute atomic E-state index is 3.47. The predicted molar refractivity (Wildman–Crippen MR) is 67.8 cm³/mol. The van der Waals surface area contributed by atoms with E-state index in [-0.39, 0.29) is 0 Å². The minimum Gasteiger partial charge on any atom is -0.315 e. The molecule has 0 bridgehead atoms. The third-order valence-corrected chi connectivity index (χ3v) is 3.88. The van der Waals surface area contributed by atoms with Gasteiger partial charge in [0.25, 0.3) is 0 Å². The normalized spacial score (nSPS) is 31.5. The molecular formula is C12H26N4. The van der Waals surface area contributed by atoms with Crippen LogP contribution in [0.1, 0.15) is 6.42 Å². The Labute approximate surface area is 99.6 Å². The molecule has 4 heteroatoms. The maximum Gasteiger partial charge on any atom is 0.0347 e. The lowest BCUT2D eigenvalue weighted by molar-refractivity contribution is 0.0842. The van der Waals surface area contributed by atoms with Crippen molar-refractivity contribution in [1.29, 1.82) is 0 Å². The average Bonchev–Trinajstić information content (AvgIpc) is 2.52. The molecule has 2 saturated heterocycles. The average molecular weight is 226 g/mol. The molecule has 2 fully saturated rings. The quantitative estimate of drug-likeness (QED) is 0.687. The minimum atomic E-state index is 0.719. The fourth-order valence-electron chi connectivity index (χ4n) is 2.68.